The van der Waals surface area contributed by atoms with Gasteiger partial charge >= 0.3 is 0 Å². The summed E-state index contributed by atoms with van der Waals surface area (Å²) in [6, 6.07) is 0.429. The number of amides is 1. The molecule has 1 aliphatic carbocycles. The highest BCUT2D eigenvalue weighted by Gasteiger charge is 2.17. The monoisotopic (exact) mass is 226 g/mol. The van der Waals surface area contributed by atoms with Crippen LogP contribution in [0.3, 0.4) is 0 Å². The summed E-state index contributed by atoms with van der Waals surface area (Å²) in [6.45, 7) is 0.886. The third-order valence-electron chi connectivity index (χ3n) is 2.93. The van der Waals surface area contributed by atoms with Gasteiger partial charge in [-0.1, -0.05) is 19.3 Å². The fraction of sp³-hybridized carbons (Fsp3) is 0.818. The number of carbonyl (C=O) groups excluding carboxylic acids is 1. The predicted octanol–water partition coefficient (Wildman–Crippen LogP) is 1.97. The largest absolute Gasteiger partial charge is 0.353 e. The average molecular weight is 226 g/mol. The second kappa shape index (κ2) is 5.54. The van der Waals surface area contributed by atoms with Crippen LogP contribution in [0.25, 0.3) is 0 Å². The standard InChI is InChI=1S/C11H18N2OS/c14-10(8-11-12-6-7-15-11)13-9-4-2-1-3-5-9/h9H,1-8H2,(H,13,14). The first-order valence-corrected chi connectivity index (χ1v) is 6.78. The maximum Gasteiger partial charge on any atom is 0.226 e. The van der Waals surface area contributed by atoms with Gasteiger partial charge in [-0.2, -0.15) is 0 Å². The summed E-state index contributed by atoms with van der Waals surface area (Å²) in [5.41, 5.74) is 0. The van der Waals surface area contributed by atoms with Gasteiger partial charge < -0.3 is 5.32 Å². The van der Waals surface area contributed by atoms with Gasteiger partial charge in [0, 0.05) is 18.3 Å². The molecule has 0 aromatic rings. The molecule has 0 bridgehead atoms. The van der Waals surface area contributed by atoms with Crippen LogP contribution in [0.1, 0.15) is 38.5 Å². The Hall–Kier alpha value is -0.510. The highest BCUT2D eigenvalue weighted by atomic mass is 32.2. The lowest BCUT2D eigenvalue weighted by molar-refractivity contribution is -0.120. The van der Waals surface area contributed by atoms with Crippen LogP contribution < -0.4 is 5.32 Å². The number of rotatable bonds is 3. The van der Waals surface area contributed by atoms with Gasteiger partial charge in [-0.15, -0.1) is 11.8 Å². The van der Waals surface area contributed by atoms with E-state index in [1.54, 1.807) is 11.8 Å². The Morgan fingerprint density at radius 2 is 2.20 bits per heavy atom. The molecule has 4 heteroatoms. The first-order valence-electron chi connectivity index (χ1n) is 5.80. The average Bonchev–Trinajstić information content (AvgIpc) is 2.71. The normalized spacial score (nSPS) is 22.5. The van der Waals surface area contributed by atoms with Crippen molar-refractivity contribution in [3.63, 3.8) is 0 Å². The second-order valence-electron chi connectivity index (χ2n) is 4.20. The van der Waals surface area contributed by atoms with Crippen LogP contribution >= 0.6 is 11.8 Å². The van der Waals surface area contributed by atoms with Gasteiger partial charge in [-0.25, -0.2) is 0 Å². The third-order valence-corrected chi connectivity index (χ3v) is 3.92. The molecule has 0 aromatic heterocycles. The minimum Gasteiger partial charge on any atom is -0.353 e. The van der Waals surface area contributed by atoms with Crippen LogP contribution in [0.5, 0.6) is 0 Å². The number of hydrogen-bond acceptors (Lipinski definition) is 3. The lowest BCUT2D eigenvalue weighted by atomic mass is 9.95. The van der Waals surface area contributed by atoms with Crippen LogP contribution in [0.4, 0.5) is 0 Å². The second-order valence-corrected chi connectivity index (χ2v) is 5.37. The van der Waals surface area contributed by atoms with E-state index in [1.807, 2.05) is 0 Å². The van der Waals surface area contributed by atoms with E-state index in [2.05, 4.69) is 10.3 Å². The Morgan fingerprint density at radius 1 is 1.40 bits per heavy atom. The lowest BCUT2D eigenvalue weighted by Crippen LogP contribution is -2.36. The van der Waals surface area contributed by atoms with Crippen LogP contribution in [0.15, 0.2) is 4.99 Å². The molecule has 2 aliphatic rings. The Bertz CT molecular complexity index is 259. The maximum atomic E-state index is 11.7. The van der Waals surface area contributed by atoms with Crippen molar-refractivity contribution in [3.05, 3.63) is 0 Å². The number of thioether (sulfide) groups is 1. The van der Waals surface area contributed by atoms with E-state index in [0.29, 0.717) is 12.5 Å². The van der Waals surface area contributed by atoms with Crippen molar-refractivity contribution in [3.8, 4) is 0 Å². The molecule has 3 nitrogen and oxygen atoms in total. The summed E-state index contributed by atoms with van der Waals surface area (Å²) >= 11 is 1.72. The van der Waals surface area contributed by atoms with E-state index in [9.17, 15) is 4.79 Å². The number of hydrogen-bond donors (Lipinski definition) is 1. The highest BCUT2D eigenvalue weighted by molar-refractivity contribution is 8.14. The van der Waals surface area contributed by atoms with Crippen LogP contribution in [-0.2, 0) is 4.79 Å². The Labute approximate surface area is 95.1 Å². The predicted molar refractivity (Wildman–Crippen MR) is 64.4 cm³/mol. The molecular formula is C11H18N2OS. The van der Waals surface area contributed by atoms with Gasteiger partial charge in [0.1, 0.15) is 0 Å². The molecule has 0 atom stereocenters. The molecule has 0 saturated heterocycles. The first-order chi connectivity index (χ1) is 7.34. The first kappa shape index (κ1) is 11.0. The summed E-state index contributed by atoms with van der Waals surface area (Å²) in [6.07, 6.45) is 6.67. The number of aliphatic imine (C=N–C) groups is 1. The van der Waals surface area contributed by atoms with E-state index in [4.69, 9.17) is 0 Å². The van der Waals surface area contributed by atoms with Crippen LogP contribution in [0.2, 0.25) is 0 Å². The van der Waals surface area contributed by atoms with Crippen molar-refractivity contribution in [1.29, 1.82) is 0 Å². The zero-order valence-electron chi connectivity index (χ0n) is 9.00. The highest BCUT2D eigenvalue weighted by Crippen LogP contribution is 2.18. The van der Waals surface area contributed by atoms with Crippen molar-refractivity contribution < 1.29 is 4.79 Å². The van der Waals surface area contributed by atoms with E-state index >= 15 is 0 Å². The van der Waals surface area contributed by atoms with E-state index < -0.39 is 0 Å². The lowest BCUT2D eigenvalue weighted by Gasteiger charge is -2.22. The van der Waals surface area contributed by atoms with Gasteiger partial charge in [-0.3, -0.25) is 9.79 Å². The summed E-state index contributed by atoms with van der Waals surface area (Å²) in [4.78, 5) is 15.9. The third kappa shape index (κ3) is 3.52. The Kier molecular flexibility index (Phi) is 4.06. The topological polar surface area (TPSA) is 41.5 Å². The summed E-state index contributed by atoms with van der Waals surface area (Å²) in [5, 5.41) is 4.13. The fourth-order valence-corrected chi connectivity index (χ4v) is 2.98. The smallest absolute Gasteiger partial charge is 0.226 e. The number of carbonyl (C=O) groups is 1. The van der Waals surface area contributed by atoms with Gasteiger partial charge in [0.2, 0.25) is 5.91 Å². The molecular weight excluding hydrogens is 208 g/mol. The molecule has 84 valence electrons. The molecule has 1 N–H and O–H groups in total. The minimum absolute atomic E-state index is 0.162. The summed E-state index contributed by atoms with van der Waals surface area (Å²) < 4.78 is 0. The van der Waals surface area contributed by atoms with Gasteiger partial charge in [-0.05, 0) is 12.8 Å². The molecule has 1 fully saturated rings. The van der Waals surface area contributed by atoms with Crippen molar-refractivity contribution in [1.82, 2.24) is 5.32 Å². The maximum absolute atomic E-state index is 11.7. The molecule has 15 heavy (non-hydrogen) atoms. The van der Waals surface area contributed by atoms with Crippen LogP contribution in [0, 0.1) is 0 Å². The van der Waals surface area contributed by atoms with Gasteiger partial charge in [0.05, 0.1) is 11.5 Å². The molecule has 1 saturated carbocycles. The van der Waals surface area contributed by atoms with Crippen LogP contribution in [-0.4, -0.2) is 29.3 Å². The van der Waals surface area contributed by atoms with E-state index in [-0.39, 0.29) is 5.91 Å². The molecule has 1 amide bonds. The van der Waals surface area contributed by atoms with Crippen molar-refractivity contribution >= 4 is 22.7 Å². The Balaban J connectivity index is 1.71. The fourth-order valence-electron chi connectivity index (χ4n) is 2.15. The number of nitrogens with zero attached hydrogens (tertiary/aromatic N) is 1. The van der Waals surface area contributed by atoms with Gasteiger partial charge in [0.15, 0.2) is 0 Å². The zero-order chi connectivity index (χ0) is 10.5. The number of nitrogens with one attached hydrogen (secondary N) is 1. The molecule has 1 aliphatic heterocycles. The zero-order valence-corrected chi connectivity index (χ0v) is 9.81. The van der Waals surface area contributed by atoms with Crippen molar-refractivity contribution in [2.75, 3.05) is 12.3 Å². The molecule has 1 heterocycles. The van der Waals surface area contributed by atoms with Crippen molar-refractivity contribution in [2.24, 2.45) is 4.99 Å². The molecule has 2 rings (SSSR count). The molecule has 0 unspecified atom stereocenters. The Morgan fingerprint density at radius 3 is 2.87 bits per heavy atom. The summed E-state index contributed by atoms with van der Waals surface area (Å²) in [7, 11) is 0. The van der Waals surface area contributed by atoms with E-state index in [1.165, 1.54) is 19.3 Å². The molecule has 0 radical (unpaired) electrons. The van der Waals surface area contributed by atoms with Gasteiger partial charge in [0.25, 0.3) is 0 Å². The van der Waals surface area contributed by atoms with Crippen molar-refractivity contribution in [2.45, 2.75) is 44.6 Å². The minimum atomic E-state index is 0.162. The summed E-state index contributed by atoms with van der Waals surface area (Å²) in [5.74, 6) is 1.21. The SMILES string of the molecule is O=C(CC1=NCCS1)NC1CCCCC1. The van der Waals surface area contributed by atoms with E-state index in [0.717, 1.165) is 30.2 Å². The molecule has 0 spiro atoms. The molecule has 0 aromatic carbocycles. The quantitative estimate of drug-likeness (QED) is 0.799.